The van der Waals surface area contributed by atoms with E-state index in [2.05, 4.69) is 10.3 Å². The van der Waals surface area contributed by atoms with Gasteiger partial charge in [0.15, 0.2) is 17.5 Å². The molecule has 0 fully saturated rings. The molecule has 0 bridgehead atoms. The van der Waals surface area contributed by atoms with E-state index in [0.29, 0.717) is 16.4 Å². The molecule has 7 heteroatoms. The Balaban J connectivity index is 1.55. The van der Waals surface area contributed by atoms with Crippen LogP contribution in [-0.4, -0.2) is 30.4 Å². The first kappa shape index (κ1) is 18.6. The van der Waals surface area contributed by atoms with Crippen molar-refractivity contribution in [1.82, 2.24) is 4.98 Å². The van der Waals surface area contributed by atoms with E-state index in [1.807, 2.05) is 29.6 Å². The number of aromatic nitrogens is 1. The van der Waals surface area contributed by atoms with Crippen molar-refractivity contribution >= 4 is 28.2 Å². The fourth-order valence-electron chi connectivity index (χ4n) is 2.32. The van der Waals surface area contributed by atoms with Crippen LogP contribution in [0.25, 0.3) is 11.3 Å². The van der Waals surface area contributed by atoms with Crippen LogP contribution >= 0.6 is 11.3 Å². The summed E-state index contributed by atoms with van der Waals surface area (Å²) in [5, 5.41) is 5.09. The Morgan fingerprint density at radius 1 is 1.04 bits per heavy atom. The van der Waals surface area contributed by atoms with Crippen molar-refractivity contribution in [3.8, 4) is 22.8 Å². The van der Waals surface area contributed by atoms with Crippen LogP contribution in [-0.2, 0) is 4.79 Å². The molecule has 3 aromatic rings. The zero-order valence-electron chi connectivity index (χ0n) is 14.9. The van der Waals surface area contributed by atoms with Gasteiger partial charge in [0.05, 0.1) is 12.8 Å². The van der Waals surface area contributed by atoms with Gasteiger partial charge in [-0.15, -0.1) is 11.3 Å². The molecule has 0 spiro atoms. The standard InChI is InChI=1S/C20H18N2O4S/c1-13(23)14-3-9-17(10-4-14)26-11-19(24)22-20-21-18(12-27-20)15-5-7-16(25-2)8-6-15/h3-10,12H,11H2,1-2H3,(H,21,22,24). The molecule has 1 amide bonds. The summed E-state index contributed by atoms with van der Waals surface area (Å²) in [5.74, 6) is 0.973. The van der Waals surface area contributed by atoms with Gasteiger partial charge in [0.2, 0.25) is 0 Å². The molecule has 0 aliphatic rings. The Labute approximate surface area is 160 Å². The van der Waals surface area contributed by atoms with Crippen LogP contribution < -0.4 is 14.8 Å². The van der Waals surface area contributed by atoms with Crippen molar-refractivity contribution in [1.29, 1.82) is 0 Å². The van der Waals surface area contributed by atoms with E-state index in [1.54, 1.807) is 31.4 Å². The monoisotopic (exact) mass is 382 g/mol. The first-order valence-electron chi connectivity index (χ1n) is 8.19. The second-order valence-corrected chi connectivity index (χ2v) is 6.54. The molecule has 1 aromatic heterocycles. The summed E-state index contributed by atoms with van der Waals surface area (Å²) >= 11 is 1.34. The molecule has 138 valence electrons. The first-order chi connectivity index (χ1) is 13.0. The third-order valence-corrected chi connectivity index (χ3v) is 4.52. The highest BCUT2D eigenvalue weighted by Gasteiger charge is 2.09. The fraction of sp³-hybridized carbons (Fsp3) is 0.150. The number of methoxy groups -OCH3 is 1. The topological polar surface area (TPSA) is 77.5 Å². The number of ether oxygens (including phenoxy) is 2. The quantitative estimate of drug-likeness (QED) is 0.624. The minimum Gasteiger partial charge on any atom is -0.497 e. The minimum absolute atomic E-state index is 0.0178. The second kappa shape index (κ2) is 8.46. The number of carbonyl (C=O) groups is 2. The number of hydrogen-bond donors (Lipinski definition) is 1. The van der Waals surface area contributed by atoms with Crippen molar-refractivity contribution < 1.29 is 19.1 Å². The lowest BCUT2D eigenvalue weighted by atomic mass is 10.1. The molecule has 1 heterocycles. The van der Waals surface area contributed by atoms with Crippen LogP contribution in [0.1, 0.15) is 17.3 Å². The number of rotatable bonds is 7. The molecule has 0 aliphatic carbocycles. The number of Topliss-reactive ketones (excluding diaryl/α,β-unsaturated/α-hetero) is 1. The van der Waals surface area contributed by atoms with Gasteiger partial charge in [-0.1, -0.05) is 0 Å². The van der Waals surface area contributed by atoms with E-state index in [-0.39, 0.29) is 18.3 Å². The molecular weight excluding hydrogens is 364 g/mol. The summed E-state index contributed by atoms with van der Waals surface area (Å²) in [6.07, 6.45) is 0. The highest BCUT2D eigenvalue weighted by molar-refractivity contribution is 7.14. The molecule has 0 unspecified atom stereocenters. The van der Waals surface area contributed by atoms with Crippen molar-refractivity contribution in [2.75, 3.05) is 19.0 Å². The minimum atomic E-state index is -0.304. The van der Waals surface area contributed by atoms with E-state index in [1.165, 1.54) is 18.3 Å². The van der Waals surface area contributed by atoms with Crippen LogP contribution in [0.15, 0.2) is 53.9 Å². The Kier molecular flexibility index (Phi) is 5.83. The maximum Gasteiger partial charge on any atom is 0.264 e. The highest BCUT2D eigenvalue weighted by Crippen LogP contribution is 2.26. The maximum atomic E-state index is 12.1. The predicted octanol–water partition coefficient (Wildman–Crippen LogP) is 4.04. The van der Waals surface area contributed by atoms with Gasteiger partial charge in [-0.05, 0) is 55.5 Å². The van der Waals surface area contributed by atoms with E-state index in [0.717, 1.165) is 17.0 Å². The number of hydrogen-bond acceptors (Lipinski definition) is 6. The van der Waals surface area contributed by atoms with Crippen LogP contribution in [0.5, 0.6) is 11.5 Å². The molecular formula is C20H18N2O4S. The summed E-state index contributed by atoms with van der Waals surface area (Å²) in [4.78, 5) is 27.7. The Morgan fingerprint density at radius 3 is 2.33 bits per heavy atom. The average molecular weight is 382 g/mol. The third-order valence-electron chi connectivity index (χ3n) is 3.77. The number of ketones is 1. The van der Waals surface area contributed by atoms with Crippen LogP contribution in [0.3, 0.4) is 0 Å². The zero-order valence-corrected chi connectivity index (χ0v) is 15.7. The smallest absolute Gasteiger partial charge is 0.264 e. The lowest BCUT2D eigenvalue weighted by Gasteiger charge is -2.06. The summed E-state index contributed by atoms with van der Waals surface area (Å²) in [7, 11) is 1.62. The van der Waals surface area contributed by atoms with Crippen LogP contribution in [0, 0.1) is 0 Å². The summed E-state index contributed by atoms with van der Waals surface area (Å²) in [6, 6.07) is 14.2. The number of nitrogens with one attached hydrogen (secondary N) is 1. The van der Waals surface area contributed by atoms with E-state index in [9.17, 15) is 9.59 Å². The number of carbonyl (C=O) groups excluding carboxylic acids is 2. The molecule has 0 atom stereocenters. The van der Waals surface area contributed by atoms with E-state index < -0.39 is 0 Å². The zero-order chi connectivity index (χ0) is 19.2. The van der Waals surface area contributed by atoms with E-state index in [4.69, 9.17) is 9.47 Å². The van der Waals surface area contributed by atoms with Gasteiger partial charge in [-0.25, -0.2) is 4.98 Å². The molecule has 3 rings (SSSR count). The summed E-state index contributed by atoms with van der Waals surface area (Å²) < 4.78 is 10.6. The Hall–Kier alpha value is -3.19. The van der Waals surface area contributed by atoms with Crippen molar-refractivity contribution in [2.24, 2.45) is 0 Å². The van der Waals surface area contributed by atoms with Crippen LogP contribution in [0.2, 0.25) is 0 Å². The number of anilines is 1. The number of thiazole rings is 1. The molecule has 0 saturated carbocycles. The van der Waals surface area contributed by atoms with Crippen molar-refractivity contribution in [2.45, 2.75) is 6.92 Å². The van der Waals surface area contributed by atoms with Gasteiger partial charge in [0, 0.05) is 16.5 Å². The molecule has 0 aliphatic heterocycles. The van der Waals surface area contributed by atoms with Gasteiger partial charge in [-0.2, -0.15) is 0 Å². The maximum absolute atomic E-state index is 12.1. The molecule has 0 radical (unpaired) electrons. The van der Waals surface area contributed by atoms with Gasteiger partial charge < -0.3 is 9.47 Å². The Morgan fingerprint density at radius 2 is 1.70 bits per heavy atom. The first-order valence-corrected chi connectivity index (χ1v) is 9.07. The summed E-state index contributed by atoms with van der Waals surface area (Å²) in [5.41, 5.74) is 2.31. The highest BCUT2D eigenvalue weighted by atomic mass is 32.1. The van der Waals surface area contributed by atoms with Crippen molar-refractivity contribution in [3.63, 3.8) is 0 Å². The predicted molar refractivity (Wildman–Crippen MR) is 105 cm³/mol. The summed E-state index contributed by atoms with van der Waals surface area (Å²) in [6.45, 7) is 1.36. The van der Waals surface area contributed by atoms with Gasteiger partial charge >= 0.3 is 0 Å². The second-order valence-electron chi connectivity index (χ2n) is 5.68. The third kappa shape index (κ3) is 4.92. The average Bonchev–Trinajstić information content (AvgIpc) is 3.15. The van der Waals surface area contributed by atoms with Gasteiger partial charge in [-0.3, -0.25) is 14.9 Å². The largest absolute Gasteiger partial charge is 0.497 e. The number of nitrogens with zero attached hydrogens (tertiary/aromatic N) is 1. The van der Waals surface area contributed by atoms with Crippen LogP contribution in [0.4, 0.5) is 5.13 Å². The molecule has 2 aromatic carbocycles. The lowest BCUT2D eigenvalue weighted by molar-refractivity contribution is -0.118. The lowest BCUT2D eigenvalue weighted by Crippen LogP contribution is -2.20. The molecule has 6 nitrogen and oxygen atoms in total. The molecule has 1 N–H and O–H groups in total. The SMILES string of the molecule is COc1ccc(-c2csc(NC(=O)COc3ccc(C(C)=O)cc3)n2)cc1. The number of amides is 1. The van der Waals surface area contributed by atoms with Crippen molar-refractivity contribution in [3.05, 3.63) is 59.5 Å². The fourth-order valence-corrected chi connectivity index (χ4v) is 3.05. The van der Waals surface area contributed by atoms with Gasteiger partial charge in [0.1, 0.15) is 11.5 Å². The Bertz CT molecular complexity index is 933. The number of benzene rings is 2. The normalized spacial score (nSPS) is 10.3. The molecule has 27 heavy (non-hydrogen) atoms. The van der Waals surface area contributed by atoms with E-state index >= 15 is 0 Å². The molecule has 0 saturated heterocycles. The van der Waals surface area contributed by atoms with Gasteiger partial charge in [0.25, 0.3) is 5.91 Å².